The fourth-order valence-corrected chi connectivity index (χ4v) is 1.70. The first-order valence-corrected chi connectivity index (χ1v) is 5.81. The molecule has 16 heavy (non-hydrogen) atoms. The van der Waals surface area contributed by atoms with Gasteiger partial charge in [0.1, 0.15) is 0 Å². The number of hydrogen-bond acceptors (Lipinski definition) is 3. The van der Waals surface area contributed by atoms with Crippen LogP contribution in [0, 0.1) is 0 Å². The molecule has 1 atom stereocenters. The minimum absolute atomic E-state index is 0.0534. The van der Waals surface area contributed by atoms with Gasteiger partial charge in [0, 0.05) is 41.2 Å². The van der Waals surface area contributed by atoms with E-state index >= 15 is 0 Å². The van der Waals surface area contributed by atoms with E-state index in [0.717, 1.165) is 22.2 Å². The quantitative estimate of drug-likeness (QED) is 0.938. The molecular formula is C12H12BrN3. The molecule has 0 bridgehead atoms. The van der Waals surface area contributed by atoms with Crippen molar-refractivity contribution >= 4 is 15.9 Å². The van der Waals surface area contributed by atoms with Crippen LogP contribution in [0.25, 0.3) is 0 Å². The summed E-state index contributed by atoms with van der Waals surface area (Å²) in [5.74, 6) is 0. The molecule has 0 aliphatic carbocycles. The SMILES string of the molecule is NC(Cc1ccc(Br)cn1)c1cccnc1. The molecular weight excluding hydrogens is 266 g/mol. The molecule has 0 aromatic carbocycles. The number of nitrogens with two attached hydrogens (primary N) is 1. The highest BCUT2D eigenvalue weighted by molar-refractivity contribution is 9.10. The van der Waals surface area contributed by atoms with E-state index in [4.69, 9.17) is 5.73 Å². The molecule has 0 radical (unpaired) electrons. The normalized spacial score (nSPS) is 12.4. The summed E-state index contributed by atoms with van der Waals surface area (Å²) >= 11 is 3.35. The number of rotatable bonds is 3. The summed E-state index contributed by atoms with van der Waals surface area (Å²) in [4.78, 5) is 8.35. The second kappa shape index (κ2) is 5.18. The molecule has 0 fully saturated rings. The van der Waals surface area contributed by atoms with Crippen molar-refractivity contribution in [2.24, 2.45) is 5.73 Å². The first-order chi connectivity index (χ1) is 7.75. The molecule has 0 amide bonds. The summed E-state index contributed by atoms with van der Waals surface area (Å²) in [6.07, 6.45) is 6.04. The van der Waals surface area contributed by atoms with Crippen molar-refractivity contribution in [2.45, 2.75) is 12.5 Å². The summed E-state index contributed by atoms with van der Waals surface area (Å²) in [6.45, 7) is 0. The van der Waals surface area contributed by atoms with Gasteiger partial charge in [-0.1, -0.05) is 6.07 Å². The summed E-state index contributed by atoms with van der Waals surface area (Å²) in [5.41, 5.74) is 8.09. The van der Waals surface area contributed by atoms with E-state index in [2.05, 4.69) is 25.9 Å². The lowest BCUT2D eigenvalue weighted by Gasteiger charge is -2.10. The van der Waals surface area contributed by atoms with Crippen molar-refractivity contribution in [2.75, 3.05) is 0 Å². The topological polar surface area (TPSA) is 51.8 Å². The van der Waals surface area contributed by atoms with E-state index in [1.54, 1.807) is 18.6 Å². The Labute approximate surface area is 103 Å². The summed E-state index contributed by atoms with van der Waals surface area (Å²) in [7, 11) is 0. The Kier molecular flexibility index (Phi) is 3.64. The van der Waals surface area contributed by atoms with E-state index in [1.165, 1.54) is 0 Å². The third-order valence-corrected chi connectivity index (χ3v) is 2.80. The van der Waals surface area contributed by atoms with Gasteiger partial charge in [-0.15, -0.1) is 0 Å². The minimum Gasteiger partial charge on any atom is -0.324 e. The highest BCUT2D eigenvalue weighted by Crippen LogP contribution is 2.15. The fraction of sp³-hybridized carbons (Fsp3) is 0.167. The number of aromatic nitrogens is 2. The van der Waals surface area contributed by atoms with Gasteiger partial charge in [-0.05, 0) is 39.7 Å². The lowest BCUT2D eigenvalue weighted by Crippen LogP contribution is -2.14. The molecule has 0 saturated carbocycles. The summed E-state index contributed by atoms with van der Waals surface area (Å²) < 4.78 is 0.978. The van der Waals surface area contributed by atoms with Crippen molar-refractivity contribution in [3.8, 4) is 0 Å². The molecule has 0 aliphatic heterocycles. The number of nitrogens with zero attached hydrogens (tertiary/aromatic N) is 2. The van der Waals surface area contributed by atoms with Gasteiger partial charge in [0.05, 0.1) is 0 Å². The third kappa shape index (κ3) is 2.87. The zero-order valence-corrected chi connectivity index (χ0v) is 10.3. The maximum atomic E-state index is 6.07. The van der Waals surface area contributed by atoms with Crippen molar-refractivity contribution in [3.05, 3.63) is 58.6 Å². The minimum atomic E-state index is -0.0534. The number of halogens is 1. The van der Waals surface area contributed by atoms with Crippen molar-refractivity contribution in [3.63, 3.8) is 0 Å². The molecule has 2 N–H and O–H groups in total. The van der Waals surface area contributed by atoms with Crippen LogP contribution >= 0.6 is 15.9 Å². The van der Waals surface area contributed by atoms with Gasteiger partial charge >= 0.3 is 0 Å². The molecule has 3 nitrogen and oxygen atoms in total. The first-order valence-electron chi connectivity index (χ1n) is 5.01. The Morgan fingerprint density at radius 1 is 1.25 bits per heavy atom. The van der Waals surface area contributed by atoms with Crippen molar-refractivity contribution < 1.29 is 0 Å². The van der Waals surface area contributed by atoms with E-state index in [1.807, 2.05) is 24.3 Å². The Morgan fingerprint density at radius 3 is 2.75 bits per heavy atom. The maximum Gasteiger partial charge on any atom is 0.0423 e. The second-order valence-corrected chi connectivity index (χ2v) is 4.48. The van der Waals surface area contributed by atoms with Crippen LogP contribution in [0.15, 0.2) is 47.3 Å². The summed E-state index contributed by atoms with van der Waals surface area (Å²) in [5, 5.41) is 0. The largest absolute Gasteiger partial charge is 0.324 e. The van der Waals surface area contributed by atoms with E-state index in [9.17, 15) is 0 Å². The molecule has 2 rings (SSSR count). The Bertz CT molecular complexity index is 442. The molecule has 82 valence electrons. The second-order valence-electron chi connectivity index (χ2n) is 3.56. The van der Waals surface area contributed by atoms with E-state index in [0.29, 0.717) is 0 Å². The van der Waals surface area contributed by atoms with Gasteiger partial charge < -0.3 is 5.73 Å². The van der Waals surface area contributed by atoms with Crippen molar-refractivity contribution in [1.29, 1.82) is 0 Å². The van der Waals surface area contributed by atoms with Crippen LogP contribution in [0.4, 0.5) is 0 Å². The monoisotopic (exact) mass is 277 g/mol. The Balaban J connectivity index is 2.08. The number of hydrogen-bond donors (Lipinski definition) is 1. The van der Waals surface area contributed by atoms with Gasteiger partial charge in [-0.3, -0.25) is 9.97 Å². The average Bonchev–Trinajstić information content (AvgIpc) is 2.33. The average molecular weight is 278 g/mol. The van der Waals surface area contributed by atoms with Crippen LogP contribution in [-0.2, 0) is 6.42 Å². The van der Waals surface area contributed by atoms with E-state index in [-0.39, 0.29) is 6.04 Å². The molecule has 2 aromatic rings. The van der Waals surface area contributed by atoms with Crippen LogP contribution in [0.1, 0.15) is 17.3 Å². The molecule has 0 aliphatic rings. The lowest BCUT2D eigenvalue weighted by atomic mass is 10.0. The zero-order chi connectivity index (χ0) is 11.4. The Hall–Kier alpha value is -1.26. The summed E-state index contributed by atoms with van der Waals surface area (Å²) in [6, 6.07) is 7.77. The van der Waals surface area contributed by atoms with Gasteiger partial charge in [0.2, 0.25) is 0 Å². The predicted octanol–water partition coefficient (Wildman–Crippen LogP) is 2.48. The van der Waals surface area contributed by atoms with Gasteiger partial charge in [-0.25, -0.2) is 0 Å². The predicted molar refractivity (Wildman–Crippen MR) is 66.8 cm³/mol. The molecule has 4 heteroatoms. The Morgan fingerprint density at radius 2 is 2.12 bits per heavy atom. The molecule has 2 aromatic heterocycles. The molecule has 0 saturated heterocycles. The number of pyridine rings is 2. The molecule has 1 unspecified atom stereocenters. The smallest absolute Gasteiger partial charge is 0.0423 e. The maximum absolute atomic E-state index is 6.07. The van der Waals surface area contributed by atoms with Crippen LogP contribution in [0.2, 0.25) is 0 Å². The van der Waals surface area contributed by atoms with Crippen LogP contribution in [0.5, 0.6) is 0 Å². The zero-order valence-electron chi connectivity index (χ0n) is 8.68. The van der Waals surface area contributed by atoms with Gasteiger partial charge in [-0.2, -0.15) is 0 Å². The van der Waals surface area contributed by atoms with Gasteiger partial charge in [0.15, 0.2) is 0 Å². The van der Waals surface area contributed by atoms with E-state index < -0.39 is 0 Å². The van der Waals surface area contributed by atoms with Crippen LogP contribution in [-0.4, -0.2) is 9.97 Å². The highest BCUT2D eigenvalue weighted by Gasteiger charge is 2.07. The van der Waals surface area contributed by atoms with Gasteiger partial charge in [0.25, 0.3) is 0 Å². The third-order valence-electron chi connectivity index (χ3n) is 2.33. The first kappa shape index (κ1) is 11.2. The van der Waals surface area contributed by atoms with Crippen LogP contribution in [0.3, 0.4) is 0 Å². The fourth-order valence-electron chi connectivity index (χ4n) is 1.47. The standard InChI is InChI=1S/C12H12BrN3/c13-10-3-4-11(16-8-10)6-12(14)9-2-1-5-15-7-9/h1-5,7-8,12H,6,14H2. The highest BCUT2D eigenvalue weighted by atomic mass is 79.9. The van der Waals surface area contributed by atoms with Crippen molar-refractivity contribution in [1.82, 2.24) is 9.97 Å². The molecule has 2 heterocycles. The van der Waals surface area contributed by atoms with Crippen LogP contribution < -0.4 is 5.73 Å². The molecule has 0 spiro atoms. The lowest BCUT2D eigenvalue weighted by molar-refractivity contribution is 0.703.